The van der Waals surface area contributed by atoms with Crippen LogP contribution < -0.4 is 10.6 Å². The van der Waals surface area contributed by atoms with Crippen LogP contribution in [0.5, 0.6) is 0 Å². The summed E-state index contributed by atoms with van der Waals surface area (Å²) >= 11 is 0. The van der Waals surface area contributed by atoms with Crippen molar-refractivity contribution in [2.75, 3.05) is 26.8 Å². The molecule has 0 bridgehead atoms. The fraction of sp³-hybridized carbons (Fsp3) is 0.435. The molecule has 1 atom stereocenters. The summed E-state index contributed by atoms with van der Waals surface area (Å²) in [7, 11) is 1.79. The Morgan fingerprint density at radius 3 is 2.38 bits per heavy atom. The maximum atomic E-state index is 5.91. The number of aliphatic imine (C=N–C) groups is 1. The molecule has 2 rings (SSSR count). The van der Waals surface area contributed by atoms with Gasteiger partial charge in [0.05, 0.1) is 12.7 Å². The highest BCUT2D eigenvalue weighted by Crippen LogP contribution is 2.15. The molecule has 5 nitrogen and oxygen atoms in total. The SMILES string of the molecule is CCOCc1ccccc1CNC(=NC)NCCCOC(C)c1ccccc1.I. The lowest BCUT2D eigenvalue weighted by Crippen LogP contribution is -2.37. The largest absolute Gasteiger partial charge is 0.377 e. The predicted molar refractivity (Wildman–Crippen MR) is 131 cm³/mol. The van der Waals surface area contributed by atoms with Gasteiger partial charge in [0, 0.05) is 33.4 Å². The van der Waals surface area contributed by atoms with Gasteiger partial charge >= 0.3 is 0 Å². The molecule has 2 N–H and O–H groups in total. The summed E-state index contributed by atoms with van der Waals surface area (Å²) in [5.41, 5.74) is 3.63. The third-order valence-electron chi connectivity index (χ3n) is 4.50. The van der Waals surface area contributed by atoms with Gasteiger partial charge < -0.3 is 20.1 Å². The molecule has 2 aromatic carbocycles. The average molecular weight is 511 g/mol. The van der Waals surface area contributed by atoms with Crippen LogP contribution in [0.15, 0.2) is 59.6 Å². The van der Waals surface area contributed by atoms with E-state index < -0.39 is 0 Å². The van der Waals surface area contributed by atoms with Crippen LogP contribution in [-0.2, 0) is 22.6 Å². The number of halogens is 1. The standard InChI is InChI=1S/C23H33N3O2.HI/c1-4-27-18-22-14-9-8-13-21(22)17-26-23(24-3)25-15-10-16-28-19(2)20-11-6-5-7-12-20;/h5-9,11-14,19H,4,10,15-18H2,1-3H3,(H2,24,25,26);1H. The van der Waals surface area contributed by atoms with E-state index in [0.29, 0.717) is 19.8 Å². The predicted octanol–water partition coefficient (Wildman–Crippen LogP) is 4.67. The second-order valence-corrected chi connectivity index (χ2v) is 6.54. The summed E-state index contributed by atoms with van der Waals surface area (Å²) in [5.74, 6) is 0.794. The van der Waals surface area contributed by atoms with Crippen molar-refractivity contribution in [3.63, 3.8) is 0 Å². The lowest BCUT2D eigenvalue weighted by atomic mass is 10.1. The third-order valence-corrected chi connectivity index (χ3v) is 4.50. The van der Waals surface area contributed by atoms with Crippen molar-refractivity contribution in [2.45, 2.75) is 39.5 Å². The van der Waals surface area contributed by atoms with Crippen molar-refractivity contribution >= 4 is 29.9 Å². The van der Waals surface area contributed by atoms with Gasteiger partial charge in [-0.3, -0.25) is 4.99 Å². The molecular formula is C23H34IN3O2. The highest BCUT2D eigenvalue weighted by atomic mass is 127. The van der Waals surface area contributed by atoms with Crippen LogP contribution in [0.1, 0.15) is 43.1 Å². The van der Waals surface area contributed by atoms with Crippen molar-refractivity contribution in [1.82, 2.24) is 10.6 Å². The molecule has 160 valence electrons. The first-order valence-electron chi connectivity index (χ1n) is 10.00. The zero-order valence-corrected chi connectivity index (χ0v) is 20.0. The van der Waals surface area contributed by atoms with Crippen LogP contribution in [0.4, 0.5) is 0 Å². The third kappa shape index (κ3) is 9.60. The van der Waals surface area contributed by atoms with Crippen molar-refractivity contribution in [3.05, 3.63) is 71.3 Å². The molecule has 0 amide bonds. The van der Waals surface area contributed by atoms with E-state index in [-0.39, 0.29) is 30.1 Å². The number of hydrogen-bond donors (Lipinski definition) is 2. The minimum atomic E-state index is 0. The fourth-order valence-corrected chi connectivity index (χ4v) is 2.84. The van der Waals surface area contributed by atoms with Crippen molar-refractivity contribution in [3.8, 4) is 0 Å². The summed E-state index contributed by atoms with van der Waals surface area (Å²) in [6, 6.07) is 18.6. The summed E-state index contributed by atoms with van der Waals surface area (Å²) in [6.07, 6.45) is 1.03. The number of ether oxygens (including phenoxy) is 2. The second kappa shape index (κ2) is 15.2. The normalized spacial score (nSPS) is 12.2. The van der Waals surface area contributed by atoms with E-state index in [2.05, 4.69) is 46.8 Å². The molecule has 29 heavy (non-hydrogen) atoms. The van der Waals surface area contributed by atoms with Gasteiger partial charge in [-0.1, -0.05) is 54.6 Å². The van der Waals surface area contributed by atoms with Crippen LogP contribution in [0.3, 0.4) is 0 Å². The van der Waals surface area contributed by atoms with Crippen LogP contribution in [-0.4, -0.2) is 32.8 Å². The molecule has 0 radical (unpaired) electrons. The van der Waals surface area contributed by atoms with E-state index >= 15 is 0 Å². The first-order chi connectivity index (χ1) is 13.7. The van der Waals surface area contributed by atoms with Crippen LogP contribution in [0.2, 0.25) is 0 Å². The van der Waals surface area contributed by atoms with Crippen molar-refractivity contribution in [2.24, 2.45) is 4.99 Å². The number of nitrogens with one attached hydrogen (secondary N) is 2. The first kappa shape index (κ1) is 25.4. The average Bonchev–Trinajstić information content (AvgIpc) is 2.75. The van der Waals surface area contributed by atoms with Crippen LogP contribution in [0, 0.1) is 0 Å². The van der Waals surface area contributed by atoms with E-state index in [9.17, 15) is 0 Å². The lowest BCUT2D eigenvalue weighted by molar-refractivity contribution is 0.0646. The highest BCUT2D eigenvalue weighted by molar-refractivity contribution is 14.0. The molecule has 0 aromatic heterocycles. The minimum Gasteiger partial charge on any atom is -0.377 e. The van der Waals surface area contributed by atoms with Gasteiger partial charge in [0.25, 0.3) is 0 Å². The molecule has 0 aliphatic heterocycles. The molecule has 1 unspecified atom stereocenters. The maximum Gasteiger partial charge on any atom is 0.191 e. The van der Waals surface area contributed by atoms with Crippen molar-refractivity contribution < 1.29 is 9.47 Å². The Hall–Kier alpha value is -1.64. The molecule has 2 aromatic rings. The van der Waals surface area contributed by atoms with Crippen molar-refractivity contribution in [1.29, 1.82) is 0 Å². The molecule has 6 heteroatoms. The summed E-state index contributed by atoms with van der Waals surface area (Å²) in [5, 5.41) is 6.71. The quantitative estimate of drug-likeness (QED) is 0.199. The van der Waals surface area contributed by atoms with Gasteiger partial charge in [-0.05, 0) is 37.0 Å². The Morgan fingerprint density at radius 1 is 1.00 bits per heavy atom. The molecule has 0 saturated carbocycles. The minimum absolute atomic E-state index is 0. The molecule has 0 spiro atoms. The Bertz CT molecular complexity index is 710. The summed E-state index contributed by atoms with van der Waals surface area (Å²) in [6.45, 7) is 7.68. The molecule has 0 aliphatic carbocycles. The number of hydrogen-bond acceptors (Lipinski definition) is 3. The monoisotopic (exact) mass is 511 g/mol. The molecule has 0 aliphatic rings. The van der Waals surface area contributed by atoms with E-state index in [1.54, 1.807) is 7.05 Å². The fourth-order valence-electron chi connectivity index (χ4n) is 2.84. The molecular weight excluding hydrogens is 477 g/mol. The molecule has 0 saturated heterocycles. The van der Waals surface area contributed by atoms with Gasteiger partial charge in [-0.25, -0.2) is 0 Å². The Kier molecular flexibility index (Phi) is 13.3. The Labute approximate surface area is 192 Å². The first-order valence-corrected chi connectivity index (χ1v) is 10.00. The lowest BCUT2D eigenvalue weighted by Gasteiger charge is -2.15. The Morgan fingerprint density at radius 2 is 1.69 bits per heavy atom. The number of nitrogens with zero attached hydrogens (tertiary/aromatic N) is 1. The summed E-state index contributed by atoms with van der Waals surface area (Å²) in [4.78, 5) is 4.30. The van der Waals surface area contributed by atoms with E-state index in [1.807, 2.05) is 37.3 Å². The smallest absolute Gasteiger partial charge is 0.191 e. The van der Waals surface area contributed by atoms with Gasteiger partial charge in [0.2, 0.25) is 0 Å². The second-order valence-electron chi connectivity index (χ2n) is 6.54. The highest BCUT2D eigenvalue weighted by Gasteiger charge is 2.05. The topological polar surface area (TPSA) is 54.9 Å². The van der Waals surface area contributed by atoms with Gasteiger partial charge in [0.15, 0.2) is 5.96 Å². The van der Waals surface area contributed by atoms with Gasteiger partial charge in [-0.15, -0.1) is 24.0 Å². The summed E-state index contributed by atoms with van der Waals surface area (Å²) < 4.78 is 11.5. The van der Waals surface area contributed by atoms with Gasteiger partial charge in [-0.2, -0.15) is 0 Å². The van der Waals surface area contributed by atoms with E-state index in [1.165, 1.54) is 16.7 Å². The zero-order chi connectivity index (χ0) is 20.0. The van der Waals surface area contributed by atoms with E-state index in [0.717, 1.165) is 25.5 Å². The number of benzene rings is 2. The zero-order valence-electron chi connectivity index (χ0n) is 17.7. The number of rotatable bonds is 11. The van der Waals surface area contributed by atoms with Gasteiger partial charge in [0.1, 0.15) is 0 Å². The maximum absolute atomic E-state index is 5.91. The Balaban J connectivity index is 0.00000420. The molecule has 0 fully saturated rings. The van der Waals surface area contributed by atoms with E-state index in [4.69, 9.17) is 9.47 Å². The van der Waals surface area contributed by atoms with Crippen LogP contribution in [0.25, 0.3) is 0 Å². The van der Waals surface area contributed by atoms with Crippen LogP contribution >= 0.6 is 24.0 Å². The number of guanidine groups is 1. The molecule has 0 heterocycles.